The number of rotatable bonds is 0. The van der Waals surface area contributed by atoms with Crippen LogP contribution < -0.4 is 0 Å². The minimum atomic E-state index is 0. The van der Waals surface area contributed by atoms with Gasteiger partial charge in [-0.05, 0) is 12.1 Å². The third kappa shape index (κ3) is 10.5. The van der Waals surface area contributed by atoms with Gasteiger partial charge in [-0.2, -0.15) is 0 Å². The van der Waals surface area contributed by atoms with Crippen molar-refractivity contribution < 1.29 is 33.8 Å². The van der Waals surface area contributed by atoms with Crippen LogP contribution in [0.15, 0.2) is 30.6 Å². The molecule has 1 aromatic rings. The van der Waals surface area contributed by atoms with Gasteiger partial charge in [0.15, 0.2) is 0 Å². The zero-order valence-corrected chi connectivity index (χ0v) is 6.28. The van der Waals surface area contributed by atoms with Crippen molar-refractivity contribution in [3.8, 4) is 0 Å². The Morgan fingerprint density at radius 2 is 1.20 bits per heavy atom. The molecule has 0 saturated carbocycles. The Bertz CT molecular complexity index is 88.8. The topological polar surface area (TPSA) is 99.9 Å². The maximum atomic E-state index is 3.78. The number of hydrogen-bond donors (Lipinski definition) is 0. The molecule has 1 aromatic heterocycles. The molecule has 55 valence electrons. The van der Waals surface area contributed by atoms with E-state index in [-0.39, 0.29) is 33.8 Å². The number of hydrogen-bond acceptors (Lipinski definition) is 2. The molecule has 0 aliphatic rings. The first-order valence-corrected chi connectivity index (χ1v) is 1.85. The van der Waals surface area contributed by atoms with Crippen LogP contribution in [0.2, 0.25) is 0 Å². The summed E-state index contributed by atoms with van der Waals surface area (Å²) in [6, 6.07) is 5.72. The monoisotopic (exact) mass is 180 g/mol. The van der Waals surface area contributed by atoms with Gasteiger partial charge in [0.1, 0.15) is 0 Å². The predicted molar refractivity (Wildman–Crippen MR) is 27.5 cm³/mol. The molecule has 0 bridgehead atoms. The molecule has 0 unspecified atom stereocenters. The van der Waals surface area contributed by atoms with Crippen LogP contribution in [0.3, 0.4) is 0 Å². The van der Waals surface area contributed by atoms with Crippen molar-refractivity contribution >= 4 is 0 Å². The third-order valence-corrected chi connectivity index (χ3v) is 0.566. The standard InChI is InChI=1S/C5H5N.Cr.H2O.2O/c1-2-4-6-5-3-1;;;;/h1-5H;;1H2;;/q;+5;;2*-2/p-1. The van der Waals surface area contributed by atoms with Crippen molar-refractivity contribution in [2.75, 3.05) is 0 Å². The fraction of sp³-hybridized carbons (Fsp3) is 0. The van der Waals surface area contributed by atoms with Crippen molar-refractivity contribution in [1.82, 2.24) is 4.98 Å². The molecule has 0 atom stereocenters. The van der Waals surface area contributed by atoms with E-state index >= 15 is 0 Å². The molecule has 0 saturated heterocycles. The van der Waals surface area contributed by atoms with Crippen LogP contribution in [0.5, 0.6) is 0 Å². The summed E-state index contributed by atoms with van der Waals surface area (Å²) < 4.78 is 0. The first-order chi connectivity index (χ1) is 3.00. The number of aromatic nitrogens is 1. The summed E-state index contributed by atoms with van der Waals surface area (Å²) in [5.74, 6) is 0. The first-order valence-electron chi connectivity index (χ1n) is 1.85. The van der Waals surface area contributed by atoms with Gasteiger partial charge >= 0.3 is 17.4 Å². The van der Waals surface area contributed by atoms with Gasteiger partial charge in [0.05, 0.1) is 0 Å². The fourth-order valence-corrected chi connectivity index (χ4v) is 0.313. The smallest absolute Gasteiger partial charge is 2.00 e. The van der Waals surface area contributed by atoms with Gasteiger partial charge in [-0.25, -0.2) is 0 Å². The molecule has 10 heavy (non-hydrogen) atoms. The van der Waals surface area contributed by atoms with Gasteiger partial charge in [0.2, 0.25) is 0 Å². The average molecular weight is 180 g/mol. The minimum Gasteiger partial charge on any atom is -2.00 e. The predicted octanol–water partition coefficient (Wildman–Crippen LogP) is 0.665. The van der Waals surface area contributed by atoms with Gasteiger partial charge in [-0.15, -0.1) is 0 Å². The second-order valence-corrected chi connectivity index (χ2v) is 1.02. The van der Waals surface area contributed by atoms with E-state index in [0.717, 1.165) is 0 Å². The van der Waals surface area contributed by atoms with Crippen molar-refractivity contribution in [2.45, 2.75) is 0 Å². The molecule has 1 rings (SSSR count). The Morgan fingerprint density at radius 1 is 0.800 bits per heavy atom. The Hall–Kier alpha value is -0.438. The van der Waals surface area contributed by atoms with Gasteiger partial charge < -0.3 is 16.4 Å². The van der Waals surface area contributed by atoms with Crippen molar-refractivity contribution in [1.29, 1.82) is 0 Å². The Labute approximate surface area is 70.0 Å². The summed E-state index contributed by atoms with van der Waals surface area (Å²) in [5.41, 5.74) is 0. The molecule has 5 heteroatoms. The zero-order valence-electron chi connectivity index (χ0n) is 5.01. The van der Waals surface area contributed by atoms with Crippen molar-refractivity contribution in [3.63, 3.8) is 0 Å². The van der Waals surface area contributed by atoms with Crippen molar-refractivity contribution in [3.05, 3.63) is 30.6 Å². The summed E-state index contributed by atoms with van der Waals surface area (Å²) in [4.78, 5) is 3.78. The molecule has 0 aliphatic carbocycles. The molecular weight excluding hydrogens is 174 g/mol. The van der Waals surface area contributed by atoms with E-state index in [1.807, 2.05) is 18.2 Å². The van der Waals surface area contributed by atoms with Crippen LogP contribution >= 0.6 is 0 Å². The normalized spacial score (nSPS) is 4.80. The summed E-state index contributed by atoms with van der Waals surface area (Å²) >= 11 is 0. The van der Waals surface area contributed by atoms with Crippen LogP contribution in [0.25, 0.3) is 0 Å². The van der Waals surface area contributed by atoms with E-state index in [4.69, 9.17) is 0 Å². The summed E-state index contributed by atoms with van der Waals surface area (Å²) in [7, 11) is 0. The van der Waals surface area contributed by atoms with E-state index < -0.39 is 0 Å². The molecule has 1 radical (unpaired) electrons. The molecular formula is C5H6CrNO3. The van der Waals surface area contributed by atoms with Crippen LogP contribution in [0, 0.1) is 0 Å². The van der Waals surface area contributed by atoms with Crippen LogP contribution in [-0.4, -0.2) is 10.5 Å². The quantitative estimate of drug-likeness (QED) is 0.585. The van der Waals surface area contributed by atoms with Crippen LogP contribution in [0.1, 0.15) is 0 Å². The third-order valence-electron chi connectivity index (χ3n) is 0.566. The van der Waals surface area contributed by atoms with E-state index in [0.29, 0.717) is 0 Å². The van der Waals surface area contributed by atoms with E-state index in [1.54, 1.807) is 12.4 Å². The number of pyridine rings is 1. The van der Waals surface area contributed by atoms with Crippen LogP contribution in [-0.2, 0) is 28.3 Å². The molecule has 0 amide bonds. The SMILES string of the molecule is [Cr+5].[O-2].[O-2].[OH-].c1ccncc1. The minimum absolute atomic E-state index is 0. The van der Waals surface area contributed by atoms with E-state index in [9.17, 15) is 0 Å². The second kappa shape index (κ2) is 15.8. The molecule has 0 aromatic carbocycles. The summed E-state index contributed by atoms with van der Waals surface area (Å²) in [5, 5.41) is 0. The first kappa shape index (κ1) is 22.7. The molecule has 0 fully saturated rings. The maximum Gasteiger partial charge on any atom is 5.00 e. The Kier molecular flexibility index (Phi) is 35.9. The molecule has 0 spiro atoms. The molecule has 0 aliphatic heterocycles. The van der Waals surface area contributed by atoms with Gasteiger partial charge in [0, 0.05) is 12.4 Å². The van der Waals surface area contributed by atoms with E-state index in [1.165, 1.54) is 0 Å². The van der Waals surface area contributed by atoms with E-state index in [2.05, 4.69) is 4.98 Å². The van der Waals surface area contributed by atoms with Gasteiger partial charge in [0.25, 0.3) is 0 Å². The molecule has 1 N–H and O–H groups in total. The average Bonchev–Trinajstić information content (AvgIpc) is 1.72. The largest absolute Gasteiger partial charge is 5.00 e. The van der Waals surface area contributed by atoms with Gasteiger partial charge in [-0.3, -0.25) is 4.98 Å². The number of nitrogens with zero attached hydrogens (tertiary/aromatic N) is 1. The Morgan fingerprint density at radius 3 is 1.30 bits per heavy atom. The second-order valence-electron chi connectivity index (χ2n) is 1.02. The molecule has 4 nitrogen and oxygen atoms in total. The fourth-order valence-electron chi connectivity index (χ4n) is 0.313. The van der Waals surface area contributed by atoms with Gasteiger partial charge in [-0.1, -0.05) is 6.07 Å². The molecule has 1 heterocycles. The van der Waals surface area contributed by atoms with Crippen LogP contribution in [0.4, 0.5) is 0 Å². The maximum absolute atomic E-state index is 3.78. The summed E-state index contributed by atoms with van der Waals surface area (Å²) in [6.45, 7) is 0. The summed E-state index contributed by atoms with van der Waals surface area (Å²) in [6.07, 6.45) is 3.50. The zero-order chi connectivity index (χ0) is 4.24. The Balaban J connectivity index is -0.0000000450. The van der Waals surface area contributed by atoms with Crippen molar-refractivity contribution in [2.24, 2.45) is 0 Å².